The van der Waals surface area contributed by atoms with E-state index < -0.39 is 0 Å². The Kier molecular flexibility index (Phi) is 6.57. The standard InChI is InChI=1S/C22H24N4O2/c1-16(2)28-19-10-8-18(9-11-19)25-22-24-15-13-20(26-22)21(27)23-14-12-17-6-4-3-5-7-17/h3-11,13,15-16H,12,14H2,1-2H3,(H,23,27)(H,24,25,26). The van der Waals surface area contributed by atoms with Gasteiger partial charge in [0.2, 0.25) is 5.95 Å². The molecule has 1 aromatic heterocycles. The SMILES string of the molecule is CC(C)Oc1ccc(Nc2nccc(C(=O)NCCc3ccccc3)n2)cc1. The number of ether oxygens (including phenoxy) is 1. The minimum Gasteiger partial charge on any atom is -0.491 e. The summed E-state index contributed by atoms with van der Waals surface area (Å²) in [7, 11) is 0. The summed E-state index contributed by atoms with van der Waals surface area (Å²) in [6.07, 6.45) is 2.46. The van der Waals surface area contributed by atoms with Crippen LogP contribution in [0.15, 0.2) is 66.9 Å². The average molecular weight is 376 g/mol. The van der Waals surface area contributed by atoms with Gasteiger partial charge in [-0.15, -0.1) is 0 Å². The van der Waals surface area contributed by atoms with E-state index in [1.807, 2.05) is 68.4 Å². The molecule has 0 spiro atoms. The van der Waals surface area contributed by atoms with E-state index >= 15 is 0 Å². The van der Waals surface area contributed by atoms with Crippen molar-refractivity contribution >= 4 is 17.5 Å². The zero-order chi connectivity index (χ0) is 19.8. The normalized spacial score (nSPS) is 10.5. The molecule has 0 saturated heterocycles. The molecule has 1 amide bonds. The Bertz CT molecular complexity index is 896. The van der Waals surface area contributed by atoms with E-state index in [9.17, 15) is 4.79 Å². The number of nitrogens with one attached hydrogen (secondary N) is 2. The molecule has 0 atom stereocenters. The zero-order valence-corrected chi connectivity index (χ0v) is 16.1. The quantitative estimate of drug-likeness (QED) is 0.622. The van der Waals surface area contributed by atoms with E-state index in [1.54, 1.807) is 12.3 Å². The monoisotopic (exact) mass is 376 g/mol. The highest BCUT2D eigenvalue weighted by Gasteiger charge is 2.09. The first kappa shape index (κ1) is 19.4. The van der Waals surface area contributed by atoms with Gasteiger partial charge in [0.15, 0.2) is 0 Å². The third-order valence-electron chi connectivity index (χ3n) is 3.91. The molecular weight excluding hydrogens is 352 g/mol. The third kappa shape index (κ3) is 5.81. The maximum atomic E-state index is 12.3. The fraction of sp³-hybridized carbons (Fsp3) is 0.227. The van der Waals surface area contributed by atoms with Crippen LogP contribution >= 0.6 is 0 Å². The van der Waals surface area contributed by atoms with E-state index in [2.05, 4.69) is 20.6 Å². The summed E-state index contributed by atoms with van der Waals surface area (Å²) < 4.78 is 5.63. The number of hydrogen-bond acceptors (Lipinski definition) is 5. The number of carbonyl (C=O) groups excluding carboxylic acids is 1. The molecule has 0 saturated carbocycles. The summed E-state index contributed by atoms with van der Waals surface area (Å²) in [4.78, 5) is 20.8. The van der Waals surface area contributed by atoms with Crippen LogP contribution in [-0.2, 0) is 6.42 Å². The molecule has 6 heteroatoms. The fourth-order valence-corrected chi connectivity index (χ4v) is 2.62. The number of anilines is 2. The van der Waals surface area contributed by atoms with Crippen LogP contribution in [0.5, 0.6) is 5.75 Å². The van der Waals surface area contributed by atoms with Gasteiger partial charge in [0.05, 0.1) is 6.10 Å². The summed E-state index contributed by atoms with van der Waals surface area (Å²) in [6.45, 7) is 4.51. The van der Waals surface area contributed by atoms with Crippen LogP contribution in [0.3, 0.4) is 0 Å². The van der Waals surface area contributed by atoms with Gasteiger partial charge in [-0.1, -0.05) is 30.3 Å². The van der Waals surface area contributed by atoms with Gasteiger partial charge in [-0.05, 0) is 56.2 Å². The second-order valence-corrected chi connectivity index (χ2v) is 6.57. The summed E-state index contributed by atoms with van der Waals surface area (Å²) in [5.74, 6) is 0.948. The molecule has 0 bridgehead atoms. The van der Waals surface area contributed by atoms with Crippen LogP contribution in [0.25, 0.3) is 0 Å². The van der Waals surface area contributed by atoms with Gasteiger partial charge in [-0.3, -0.25) is 4.79 Å². The highest BCUT2D eigenvalue weighted by Crippen LogP contribution is 2.19. The second kappa shape index (κ2) is 9.50. The molecule has 0 aliphatic carbocycles. The Labute approximate surface area is 165 Å². The first-order valence-electron chi connectivity index (χ1n) is 9.29. The van der Waals surface area contributed by atoms with Gasteiger partial charge in [-0.25, -0.2) is 9.97 Å². The molecule has 3 aromatic rings. The fourth-order valence-electron chi connectivity index (χ4n) is 2.62. The number of aromatic nitrogens is 2. The number of rotatable bonds is 8. The molecule has 0 aliphatic rings. The van der Waals surface area contributed by atoms with E-state index in [0.29, 0.717) is 18.2 Å². The van der Waals surface area contributed by atoms with Crippen molar-refractivity contribution in [1.29, 1.82) is 0 Å². The minimum atomic E-state index is -0.220. The predicted molar refractivity (Wildman–Crippen MR) is 110 cm³/mol. The molecule has 144 valence electrons. The third-order valence-corrected chi connectivity index (χ3v) is 3.91. The van der Waals surface area contributed by atoms with Gasteiger partial charge < -0.3 is 15.4 Å². The van der Waals surface area contributed by atoms with Gasteiger partial charge in [0, 0.05) is 18.4 Å². The van der Waals surface area contributed by atoms with Crippen LogP contribution in [0, 0.1) is 0 Å². The lowest BCUT2D eigenvalue weighted by atomic mass is 10.1. The van der Waals surface area contributed by atoms with Crippen LogP contribution in [-0.4, -0.2) is 28.5 Å². The molecular formula is C22H24N4O2. The van der Waals surface area contributed by atoms with Crippen molar-refractivity contribution in [3.63, 3.8) is 0 Å². The molecule has 3 rings (SSSR count). The van der Waals surface area contributed by atoms with Gasteiger partial charge in [0.25, 0.3) is 5.91 Å². The van der Waals surface area contributed by atoms with E-state index in [4.69, 9.17) is 4.74 Å². The lowest BCUT2D eigenvalue weighted by Gasteiger charge is -2.11. The smallest absolute Gasteiger partial charge is 0.270 e. The molecule has 0 aliphatic heterocycles. The maximum absolute atomic E-state index is 12.3. The Morgan fingerprint density at radius 3 is 2.50 bits per heavy atom. The Hall–Kier alpha value is -3.41. The number of nitrogens with zero attached hydrogens (tertiary/aromatic N) is 2. The number of carbonyl (C=O) groups is 1. The van der Waals surface area contributed by atoms with E-state index in [0.717, 1.165) is 17.9 Å². The van der Waals surface area contributed by atoms with Crippen molar-refractivity contribution in [2.45, 2.75) is 26.4 Å². The van der Waals surface area contributed by atoms with Crippen LogP contribution in [0.2, 0.25) is 0 Å². The average Bonchev–Trinajstić information content (AvgIpc) is 2.70. The summed E-state index contributed by atoms with van der Waals surface area (Å²) >= 11 is 0. The van der Waals surface area contributed by atoms with E-state index in [1.165, 1.54) is 5.56 Å². The number of amides is 1. The molecule has 2 aromatic carbocycles. The molecule has 2 N–H and O–H groups in total. The summed E-state index contributed by atoms with van der Waals surface area (Å²) in [5.41, 5.74) is 2.32. The van der Waals surface area contributed by atoms with Crippen molar-refractivity contribution in [3.8, 4) is 5.75 Å². The van der Waals surface area contributed by atoms with Gasteiger partial charge in [-0.2, -0.15) is 0 Å². The van der Waals surface area contributed by atoms with Gasteiger partial charge >= 0.3 is 0 Å². The molecule has 0 unspecified atom stereocenters. The predicted octanol–water partition coefficient (Wildman–Crippen LogP) is 3.98. The first-order valence-corrected chi connectivity index (χ1v) is 9.29. The van der Waals surface area contributed by atoms with Crippen molar-refractivity contribution in [2.24, 2.45) is 0 Å². The van der Waals surface area contributed by atoms with Gasteiger partial charge in [0.1, 0.15) is 11.4 Å². The van der Waals surface area contributed by atoms with Crippen LogP contribution in [0.1, 0.15) is 29.9 Å². The van der Waals surface area contributed by atoms with Crippen molar-refractivity contribution in [1.82, 2.24) is 15.3 Å². The maximum Gasteiger partial charge on any atom is 0.270 e. The van der Waals surface area contributed by atoms with Crippen LogP contribution in [0.4, 0.5) is 11.6 Å². The minimum absolute atomic E-state index is 0.124. The lowest BCUT2D eigenvalue weighted by molar-refractivity contribution is 0.0949. The molecule has 6 nitrogen and oxygen atoms in total. The molecule has 28 heavy (non-hydrogen) atoms. The first-order chi connectivity index (χ1) is 13.6. The molecule has 0 radical (unpaired) electrons. The Morgan fingerprint density at radius 2 is 1.79 bits per heavy atom. The summed E-state index contributed by atoms with van der Waals surface area (Å²) in [5, 5.41) is 5.99. The molecule has 1 heterocycles. The van der Waals surface area contributed by atoms with Crippen molar-refractivity contribution in [2.75, 3.05) is 11.9 Å². The highest BCUT2D eigenvalue weighted by molar-refractivity contribution is 5.92. The van der Waals surface area contributed by atoms with Crippen molar-refractivity contribution < 1.29 is 9.53 Å². The Morgan fingerprint density at radius 1 is 1.04 bits per heavy atom. The van der Waals surface area contributed by atoms with E-state index in [-0.39, 0.29) is 12.0 Å². The van der Waals surface area contributed by atoms with Crippen LogP contribution < -0.4 is 15.4 Å². The summed E-state index contributed by atoms with van der Waals surface area (Å²) in [6, 6.07) is 19.1. The second-order valence-electron chi connectivity index (χ2n) is 6.57. The largest absolute Gasteiger partial charge is 0.491 e. The topological polar surface area (TPSA) is 76.1 Å². The Balaban J connectivity index is 1.56. The highest BCUT2D eigenvalue weighted by atomic mass is 16.5. The number of hydrogen-bond donors (Lipinski definition) is 2. The zero-order valence-electron chi connectivity index (χ0n) is 16.1. The number of benzene rings is 2. The lowest BCUT2D eigenvalue weighted by Crippen LogP contribution is -2.26. The van der Waals surface area contributed by atoms with Crippen molar-refractivity contribution in [3.05, 3.63) is 78.1 Å². The molecule has 0 fully saturated rings.